The fourth-order valence-corrected chi connectivity index (χ4v) is 3.84. The van der Waals surface area contributed by atoms with Crippen molar-refractivity contribution in [3.8, 4) is 17.3 Å². The molecule has 3 aromatic carbocycles. The van der Waals surface area contributed by atoms with Crippen molar-refractivity contribution in [1.29, 1.82) is 0 Å². The van der Waals surface area contributed by atoms with E-state index >= 15 is 0 Å². The van der Waals surface area contributed by atoms with Gasteiger partial charge in [-0.3, -0.25) is 4.79 Å². The van der Waals surface area contributed by atoms with E-state index in [1.165, 1.54) is 18.2 Å². The maximum atomic E-state index is 13.0. The van der Waals surface area contributed by atoms with Crippen LogP contribution in [0.15, 0.2) is 82.0 Å². The maximum absolute atomic E-state index is 13.0. The van der Waals surface area contributed by atoms with Crippen molar-refractivity contribution >= 4 is 23.1 Å². The van der Waals surface area contributed by atoms with Crippen LogP contribution in [0.3, 0.4) is 0 Å². The van der Waals surface area contributed by atoms with E-state index in [-0.39, 0.29) is 53.8 Å². The molecule has 2 heterocycles. The molecule has 0 saturated carbocycles. The van der Waals surface area contributed by atoms with Crippen molar-refractivity contribution < 1.29 is 44.5 Å². The number of ether oxygens (including phenoxy) is 1. The van der Waals surface area contributed by atoms with E-state index in [0.29, 0.717) is 17.6 Å². The zero-order chi connectivity index (χ0) is 24.7. The Labute approximate surface area is 236 Å². The van der Waals surface area contributed by atoms with Crippen molar-refractivity contribution in [3.63, 3.8) is 0 Å². The second-order valence-corrected chi connectivity index (χ2v) is 8.27. The van der Waals surface area contributed by atoms with E-state index in [4.69, 9.17) is 9.15 Å². The van der Waals surface area contributed by atoms with Gasteiger partial charge in [0.25, 0.3) is 0 Å². The Balaban J connectivity index is 0.00000200. The molecule has 0 aliphatic carbocycles. The van der Waals surface area contributed by atoms with E-state index in [1.807, 2.05) is 60.7 Å². The van der Waals surface area contributed by atoms with Crippen molar-refractivity contribution in [2.75, 3.05) is 6.61 Å². The Morgan fingerprint density at radius 1 is 1.00 bits per heavy atom. The number of aryl methyl sites for hydroxylation is 1. The van der Waals surface area contributed by atoms with Gasteiger partial charge in [-0.05, 0) is 65.9 Å². The minimum Gasteiger partial charge on any atom is -1.00 e. The number of aromatic amines is 1. The SMILES string of the molecule is O=c1cc(-c2nn[nH]n2)oc2c(C=Cc3ccc(OCCCCc4ccc(F)cc4)cc3)cccc12.[H-].[Na+]. The Morgan fingerprint density at radius 2 is 1.81 bits per heavy atom. The summed E-state index contributed by atoms with van der Waals surface area (Å²) in [6.45, 7) is 0.619. The molecule has 0 radical (unpaired) electrons. The smallest absolute Gasteiger partial charge is 1.00 e. The van der Waals surface area contributed by atoms with Crippen molar-refractivity contribution in [2.45, 2.75) is 19.3 Å². The van der Waals surface area contributed by atoms with Crippen LogP contribution in [0.4, 0.5) is 4.39 Å². The third-order valence-corrected chi connectivity index (χ3v) is 5.73. The van der Waals surface area contributed by atoms with Crippen molar-refractivity contribution in [3.05, 3.63) is 106 Å². The van der Waals surface area contributed by atoms with E-state index in [1.54, 1.807) is 6.07 Å². The third-order valence-electron chi connectivity index (χ3n) is 5.73. The molecule has 0 saturated heterocycles. The molecular formula is C28H24FN4NaO3. The van der Waals surface area contributed by atoms with Crippen molar-refractivity contribution in [2.24, 2.45) is 0 Å². The number of halogens is 1. The van der Waals surface area contributed by atoms with Gasteiger partial charge in [0.2, 0.25) is 5.82 Å². The minimum absolute atomic E-state index is 0. The maximum Gasteiger partial charge on any atom is 1.00 e. The number of H-pyrrole nitrogens is 1. The summed E-state index contributed by atoms with van der Waals surface area (Å²) in [7, 11) is 0. The first-order valence-electron chi connectivity index (χ1n) is 11.6. The number of unbranched alkanes of at least 4 members (excludes halogenated alkanes) is 1. The normalized spacial score (nSPS) is 11.1. The average Bonchev–Trinajstić information content (AvgIpc) is 3.44. The Hall–Kier alpha value is -3.59. The van der Waals surface area contributed by atoms with Crippen LogP contribution >= 0.6 is 0 Å². The predicted octanol–water partition coefficient (Wildman–Crippen LogP) is 2.80. The van der Waals surface area contributed by atoms with Gasteiger partial charge in [-0.1, -0.05) is 48.6 Å². The Morgan fingerprint density at radius 3 is 2.57 bits per heavy atom. The summed E-state index contributed by atoms with van der Waals surface area (Å²) in [6, 6.07) is 21.2. The predicted molar refractivity (Wildman–Crippen MR) is 137 cm³/mol. The zero-order valence-corrected chi connectivity index (χ0v) is 22.4. The Kier molecular flexibility index (Phi) is 9.00. The van der Waals surface area contributed by atoms with Crippen LogP contribution in [0.1, 0.15) is 31.0 Å². The summed E-state index contributed by atoms with van der Waals surface area (Å²) in [5, 5.41) is 14.1. The van der Waals surface area contributed by atoms with Crippen LogP contribution in [0, 0.1) is 5.82 Å². The summed E-state index contributed by atoms with van der Waals surface area (Å²) in [5.41, 5.74) is 3.15. The number of tetrazole rings is 1. The van der Waals surface area contributed by atoms with Crippen molar-refractivity contribution in [1.82, 2.24) is 20.6 Å². The second-order valence-electron chi connectivity index (χ2n) is 8.27. The molecule has 0 bridgehead atoms. The third kappa shape index (κ3) is 6.80. The number of hydrogen-bond donors (Lipinski definition) is 1. The zero-order valence-electron chi connectivity index (χ0n) is 21.4. The molecule has 0 amide bonds. The van der Waals surface area contributed by atoms with Gasteiger partial charge in [0.05, 0.1) is 12.0 Å². The summed E-state index contributed by atoms with van der Waals surface area (Å²) in [6.07, 6.45) is 6.64. The number of rotatable bonds is 9. The van der Waals surface area contributed by atoms with E-state index < -0.39 is 0 Å². The van der Waals surface area contributed by atoms with Crippen LogP contribution < -0.4 is 39.7 Å². The molecule has 0 aliphatic heterocycles. The molecule has 1 N–H and O–H groups in total. The van der Waals surface area contributed by atoms with Gasteiger partial charge in [-0.2, -0.15) is 5.21 Å². The van der Waals surface area contributed by atoms with Gasteiger partial charge < -0.3 is 10.6 Å². The number of hydrogen-bond acceptors (Lipinski definition) is 6. The molecule has 5 aromatic rings. The average molecular weight is 507 g/mol. The van der Waals surface area contributed by atoms with Gasteiger partial charge in [-0.15, -0.1) is 10.2 Å². The molecule has 0 unspecified atom stereocenters. The summed E-state index contributed by atoms with van der Waals surface area (Å²) < 4.78 is 24.8. The molecule has 182 valence electrons. The van der Waals surface area contributed by atoms with Crippen LogP contribution in [0.2, 0.25) is 0 Å². The van der Waals surface area contributed by atoms with Crippen LogP contribution in [-0.4, -0.2) is 27.2 Å². The van der Waals surface area contributed by atoms with Gasteiger partial charge >= 0.3 is 29.6 Å². The number of aromatic nitrogens is 4. The van der Waals surface area contributed by atoms with Crippen LogP contribution in [0.5, 0.6) is 5.75 Å². The molecule has 0 atom stereocenters. The first-order valence-corrected chi connectivity index (χ1v) is 11.6. The molecule has 37 heavy (non-hydrogen) atoms. The number of para-hydroxylation sites is 1. The fourth-order valence-electron chi connectivity index (χ4n) is 3.84. The summed E-state index contributed by atoms with van der Waals surface area (Å²) >= 11 is 0. The number of nitrogens with zero attached hydrogens (tertiary/aromatic N) is 3. The minimum atomic E-state index is -0.210. The molecule has 5 rings (SSSR count). The first kappa shape index (κ1) is 26.5. The van der Waals surface area contributed by atoms with E-state index in [0.717, 1.165) is 41.7 Å². The van der Waals surface area contributed by atoms with Crippen LogP contribution in [0.25, 0.3) is 34.7 Å². The molecule has 0 fully saturated rings. The van der Waals surface area contributed by atoms with Gasteiger partial charge in [0, 0.05) is 11.6 Å². The van der Waals surface area contributed by atoms with Gasteiger partial charge in [0.15, 0.2) is 11.2 Å². The largest absolute Gasteiger partial charge is 1.00 e. The van der Waals surface area contributed by atoms with Crippen LogP contribution in [-0.2, 0) is 6.42 Å². The Bertz CT molecular complexity index is 1540. The quantitative estimate of drug-likeness (QED) is 0.188. The van der Waals surface area contributed by atoms with Gasteiger partial charge in [-0.25, -0.2) is 4.39 Å². The van der Waals surface area contributed by atoms with Gasteiger partial charge in [0.1, 0.15) is 17.1 Å². The number of benzene rings is 3. The molecular weight excluding hydrogens is 482 g/mol. The topological polar surface area (TPSA) is 93.9 Å². The van der Waals surface area contributed by atoms with E-state index in [9.17, 15) is 9.18 Å². The molecule has 0 spiro atoms. The van der Waals surface area contributed by atoms with E-state index in [2.05, 4.69) is 20.6 Å². The summed E-state index contributed by atoms with van der Waals surface area (Å²) in [5.74, 6) is 1.06. The molecule has 2 aromatic heterocycles. The molecule has 9 heteroatoms. The molecule has 7 nitrogen and oxygen atoms in total. The molecule has 0 aliphatic rings. The standard InChI is InChI=1S/C28H23FN4O3.Na.H/c29-22-13-8-19(9-14-22)4-1-2-17-35-23-15-10-20(11-16-23)7-12-21-5-3-6-24-25(34)18-26(36-27(21)24)28-30-32-33-31-28;;/h3,5-16,18H,1-2,4,17H2,(H,30,31,32,33);;/q;+1;-1. The number of fused-ring (bicyclic) bond motifs is 1. The fraction of sp³-hybridized carbons (Fsp3) is 0.143. The monoisotopic (exact) mass is 506 g/mol. The second kappa shape index (κ2) is 12.6. The number of nitrogens with one attached hydrogen (secondary N) is 1. The summed E-state index contributed by atoms with van der Waals surface area (Å²) in [4.78, 5) is 12.6. The first-order chi connectivity index (χ1) is 17.7.